The molecule has 1 atom stereocenters. The smallest absolute Gasteiger partial charge is 0.233 e. The predicted molar refractivity (Wildman–Crippen MR) is 49.4 cm³/mol. The zero-order valence-corrected chi connectivity index (χ0v) is 7.54. The molecular formula is C5H2BrClN4. The highest BCUT2D eigenvalue weighted by molar-refractivity contribution is 9.10. The Kier molecular flexibility index (Phi) is 1.43. The highest BCUT2D eigenvalue weighted by Crippen LogP contribution is 2.29. The maximum absolute atomic E-state index is 5.73. The Balaban J connectivity index is 2.53. The zero-order valence-electron chi connectivity index (χ0n) is 5.20. The summed E-state index contributed by atoms with van der Waals surface area (Å²) in [4.78, 5) is 15.6. The van der Waals surface area contributed by atoms with E-state index in [9.17, 15) is 0 Å². The highest BCUT2D eigenvalue weighted by Gasteiger charge is 2.38. The molecule has 0 N–H and O–H groups in total. The largest absolute Gasteiger partial charge is 0.254 e. The standard InChI is InChI=1S/C5H2BrClN4/c6-5-3(8-1-10-5)4(7)9-2-11-5/h1-2H. The number of hydrogen-bond donors (Lipinski definition) is 0. The molecule has 0 aromatic rings. The summed E-state index contributed by atoms with van der Waals surface area (Å²) in [6.07, 6.45) is 2.77. The van der Waals surface area contributed by atoms with Crippen LogP contribution < -0.4 is 0 Å². The van der Waals surface area contributed by atoms with Crippen molar-refractivity contribution in [3.63, 3.8) is 0 Å². The minimum absolute atomic E-state index is 0.328. The van der Waals surface area contributed by atoms with E-state index in [-0.39, 0.29) is 0 Å². The molecular weight excluding hydrogens is 231 g/mol. The van der Waals surface area contributed by atoms with Crippen LogP contribution in [0.1, 0.15) is 0 Å². The molecule has 2 heterocycles. The van der Waals surface area contributed by atoms with Gasteiger partial charge in [0, 0.05) is 0 Å². The van der Waals surface area contributed by atoms with Gasteiger partial charge in [-0.15, -0.1) is 0 Å². The van der Waals surface area contributed by atoms with Gasteiger partial charge in [0.05, 0.1) is 0 Å². The molecule has 0 aromatic carbocycles. The molecule has 2 aliphatic heterocycles. The third kappa shape index (κ3) is 0.954. The number of halogens is 2. The molecule has 0 aromatic heterocycles. The van der Waals surface area contributed by atoms with Crippen molar-refractivity contribution >= 4 is 51.1 Å². The lowest BCUT2D eigenvalue weighted by molar-refractivity contribution is 0.899. The normalized spacial score (nSPS) is 33.3. The molecule has 0 amide bonds. The second-order valence-corrected chi connectivity index (χ2v) is 3.44. The van der Waals surface area contributed by atoms with E-state index in [1.165, 1.54) is 12.7 Å². The summed E-state index contributed by atoms with van der Waals surface area (Å²) in [5.41, 5.74) is 0.543. The Hall–Kier alpha value is -0.550. The van der Waals surface area contributed by atoms with Crippen LogP contribution in [0.2, 0.25) is 0 Å². The van der Waals surface area contributed by atoms with Crippen molar-refractivity contribution in [2.24, 2.45) is 20.0 Å². The Morgan fingerprint density at radius 2 is 1.91 bits per heavy atom. The van der Waals surface area contributed by atoms with E-state index in [1.54, 1.807) is 0 Å². The van der Waals surface area contributed by atoms with E-state index in [0.29, 0.717) is 10.9 Å². The lowest BCUT2D eigenvalue weighted by atomic mass is 10.3. The van der Waals surface area contributed by atoms with Crippen LogP contribution in [-0.4, -0.2) is 28.1 Å². The van der Waals surface area contributed by atoms with Gasteiger partial charge >= 0.3 is 0 Å². The Morgan fingerprint density at radius 1 is 1.27 bits per heavy atom. The molecule has 0 saturated carbocycles. The maximum Gasteiger partial charge on any atom is 0.254 e. The van der Waals surface area contributed by atoms with E-state index in [2.05, 4.69) is 35.9 Å². The Bertz CT molecular complexity index is 318. The van der Waals surface area contributed by atoms with E-state index in [0.717, 1.165) is 0 Å². The van der Waals surface area contributed by atoms with E-state index in [4.69, 9.17) is 11.6 Å². The molecule has 1 unspecified atom stereocenters. The topological polar surface area (TPSA) is 49.4 Å². The first-order valence-corrected chi connectivity index (χ1v) is 3.98. The summed E-state index contributed by atoms with van der Waals surface area (Å²) in [7, 11) is 0. The second kappa shape index (κ2) is 2.22. The van der Waals surface area contributed by atoms with Gasteiger partial charge in [0.2, 0.25) is 0 Å². The first-order valence-electron chi connectivity index (χ1n) is 2.81. The summed E-state index contributed by atoms with van der Waals surface area (Å²) < 4.78 is -0.800. The van der Waals surface area contributed by atoms with E-state index < -0.39 is 4.57 Å². The van der Waals surface area contributed by atoms with Gasteiger partial charge in [0.1, 0.15) is 18.4 Å². The lowest BCUT2D eigenvalue weighted by Gasteiger charge is -2.16. The fourth-order valence-electron chi connectivity index (χ4n) is 0.803. The van der Waals surface area contributed by atoms with Crippen molar-refractivity contribution in [3.05, 3.63) is 0 Å². The Morgan fingerprint density at radius 3 is 2.55 bits per heavy atom. The molecule has 0 spiro atoms. The molecule has 0 fully saturated rings. The number of nitrogens with zero attached hydrogens (tertiary/aromatic N) is 4. The third-order valence-corrected chi connectivity index (χ3v) is 2.37. The van der Waals surface area contributed by atoms with Crippen LogP contribution in [0.25, 0.3) is 0 Å². The van der Waals surface area contributed by atoms with Crippen molar-refractivity contribution < 1.29 is 0 Å². The average Bonchev–Trinajstić information content (AvgIpc) is 2.31. The van der Waals surface area contributed by atoms with Gasteiger partial charge in [-0.25, -0.2) is 20.0 Å². The van der Waals surface area contributed by atoms with Crippen LogP contribution in [0.3, 0.4) is 0 Å². The van der Waals surface area contributed by atoms with Gasteiger partial charge in [-0.05, 0) is 15.9 Å². The molecule has 2 aliphatic rings. The predicted octanol–water partition coefficient (Wildman–Crippen LogP) is 1.20. The molecule has 0 bridgehead atoms. The summed E-state index contributed by atoms with van der Waals surface area (Å²) in [6, 6.07) is 0. The molecule has 4 nitrogen and oxygen atoms in total. The van der Waals surface area contributed by atoms with Crippen LogP contribution in [0.5, 0.6) is 0 Å². The monoisotopic (exact) mass is 232 g/mol. The summed E-state index contributed by atoms with van der Waals surface area (Å²) in [6.45, 7) is 0. The van der Waals surface area contributed by atoms with E-state index in [1.807, 2.05) is 0 Å². The highest BCUT2D eigenvalue weighted by atomic mass is 79.9. The SMILES string of the molecule is ClC1=NC=NC2(Br)N=CN=C12. The maximum atomic E-state index is 5.73. The quantitative estimate of drug-likeness (QED) is 0.446. The van der Waals surface area contributed by atoms with Gasteiger partial charge in [0.15, 0.2) is 5.17 Å². The second-order valence-electron chi connectivity index (χ2n) is 1.97. The van der Waals surface area contributed by atoms with Gasteiger partial charge in [-0.2, -0.15) is 0 Å². The fraction of sp³-hybridized carbons (Fsp3) is 0.200. The first kappa shape index (κ1) is 7.12. The third-order valence-electron chi connectivity index (χ3n) is 1.31. The molecule has 2 rings (SSSR count). The van der Waals surface area contributed by atoms with Crippen molar-refractivity contribution in [2.75, 3.05) is 0 Å². The van der Waals surface area contributed by atoms with Crippen LogP contribution in [0, 0.1) is 0 Å². The lowest BCUT2D eigenvalue weighted by Crippen LogP contribution is -2.32. The van der Waals surface area contributed by atoms with Crippen LogP contribution in [-0.2, 0) is 0 Å². The van der Waals surface area contributed by atoms with Gasteiger partial charge < -0.3 is 0 Å². The zero-order chi connectivity index (χ0) is 7.90. The number of rotatable bonds is 0. The molecule has 0 saturated heterocycles. The van der Waals surface area contributed by atoms with Crippen molar-refractivity contribution in [1.29, 1.82) is 0 Å². The van der Waals surface area contributed by atoms with Crippen molar-refractivity contribution in [2.45, 2.75) is 4.57 Å². The summed E-state index contributed by atoms with van der Waals surface area (Å²) in [5, 5.41) is 0.328. The summed E-state index contributed by atoms with van der Waals surface area (Å²) >= 11 is 9.00. The molecule has 0 aliphatic carbocycles. The molecule has 56 valence electrons. The number of hydrogen-bond acceptors (Lipinski definition) is 4. The average molecular weight is 233 g/mol. The van der Waals surface area contributed by atoms with Gasteiger partial charge in [0.25, 0.3) is 4.57 Å². The number of aliphatic imine (C=N–C) groups is 4. The minimum Gasteiger partial charge on any atom is -0.233 e. The first-order chi connectivity index (χ1) is 5.22. The molecule has 6 heteroatoms. The Labute approximate surface area is 75.9 Å². The van der Waals surface area contributed by atoms with Gasteiger partial charge in [-0.3, -0.25) is 0 Å². The van der Waals surface area contributed by atoms with Crippen LogP contribution >= 0.6 is 27.5 Å². The molecule has 0 radical (unpaired) electrons. The number of alkyl halides is 1. The fourth-order valence-corrected chi connectivity index (χ4v) is 1.61. The summed E-state index contributed by atoms with van der Waals surface area (Å²) in [5.74, 6) is 0. The van der Waals surface area contributed by atoms with Crippen LogP contribution in [0.15, 0.2) is 20.0 Å². The number of fused-ring (bicyclic) bond motifs is 1. The van der Waals surface area contributed by atoms with E-state index >= 15 is 0 Å². The van der Waals surface area contributed by atoms with Gasteiger partial charge in [-0.1, -0.05) is 11.6 Å². The van der Waals surface area contributed by atoms with Crippen molar-refractivity contribution in [1.82, 2.24) is 0 Å². The molecule has 11 heavy (non-hydrogen) atoms. The van der Waals surface area contributed by atoms with Crippen LogP contribution in [0.4, 0.5) is 0 Å². The van der Waals surface area contributed by atoms with Crippen molar-refractivity contribution in [3.8, 4) is 0 Å². The minimum atomic E-state index is -0.800.